The highest BCUT2D eigenvalue weighted by molar-refractivity contribution is 5.77. The summed E-state index contributed by atoms with van der Waals surface area (Å²) in [6.07, 6.45) is 4.28. The summed E-state index contributed by atoms with van der Waals surface area (Å²) in [4.78, 5) is 14.3. The molecule has 3 rings (SSSR count). The van der Waals surface area contributed by atoms with Crippen molar-refractivity contribution in [1.29, 1.82) is 0 Å². The van der Waals surface area contributed by atoms with E-state index in [9.17, 15) is 15.0 Å². The number of carbonyl (C=O) groups excluding carboxylic acids is 1. The minimum Gasteiger partial charge on any atom is -0.394 e. The first-order valence-electron chi connectivity index (χ1n) is 8.30. The summed E-state index contributed by atoms with van der Waals surface area (Å²) in [6.45, 7) is -0.000899. The van der Waals surface area contributed by atoms with Crippen LogP contribution in [0.4, 0.5) is 0 Å². The van der Waals surface area contributed by atoms with E-state index in [1.54, 1.807) is 4.90 Å². The molecule has 1 saturated heterocycles. The van der Waals surface area contributed by atoms with Crippen LogP contribution in [-0.4, -0.2) is 46.3 Å². The topological polar surface area (TPSA) is 60.8 Å². The molecule has 0 unspecified atom stereocenters. The number of carbonyl (C=O) groups is 1. The van der Waals surface area contributed by atoms with Gasteiger partial charge in [-0.2, -0.15) is 0 Å². The molecule has 2 N–H and O–H groups in total. The van der Waals surface area contributed by atoms with Gasteiger partial charge in [-0.1, -0.05) is 30.3 Å². The maximum Gasteiger partial charge on any atom is 0.223 e. The van der Waals surface area contributed by atoms with Gasteiger partial charge in [-0.3, -0.25) is 4.79 Å². The van der Waals surface area contributed by atoms with Crippen LogP contribution in [0.15, 0.2) is 30.3 Å². The van der Waals surface area contributed by atoms with Gasteiger partial charge in [0.1, 0.15) is 0 Å². The standard InChI is InChI=1S/C18H25NO3/c20-11-16-6-7-17(12-21)19(16)18(22)10-13-8-15(9-13)14-4-2-1-3-5-14/h1-5,13,15-17,20-21H,6-12H2/t13?,15?,16-,17-/m0/s1. The predicted molar refractivity (Wildman–Crippen MR) is 84.4 cm³/mol. The highest BCUT2D eigenvalue weighted by atomic mass is 16.3. The molecule has 2 atom stereocenters. The average Bonchev–Trinajstić information content (AvgIpc) is 2.94. The van der Waals surface area contributed by atoms with E-state index in [1.807, 2.05) is 6.07 Å². The van der Waals surface area contributed by atoms with Crippen LogP contribution >= 0.6 is 0 Å². The number of benzene rings is 1. The molecule has 1 aromatic rings. The molecule has 1 aliphatic carbocycles. The highest BCUT2D eigenvalue weighted by Gasteiger charge is 2.39. The molecule has 4 nitrogen and oxygen atoms in total. The summed E-state index contributed by atoms with van der Waals surface area (Å²) < 4.78 is 0. The molecule has 120 valence electrons. The average molecular weight is 303 g/mol. The molecule has 4 heteroatoms. The molecule has 1 heterocycles. The normalized spacial score (nSPS) is 31.1. The third kappa shape index (κ3) is 3.03. The molecule has 0 bridgehead atoms. The number of hydrogen-bond acceptors (Lipinski definition) is 3. The Morgan fingerprint density at radius 3 is 2.18 bits per heavy atom. The molecule has 2 aliphatic rings. The lowest BCUT2D eigenvalue weighted by molar-refractivity contribution is -0.137. The van der Waals surface area contributed by atoms with Gasteiger partial charge < -0.3 is 15.1 Å². The van der Waals surface area contributed by atoms with Crippen molar-refractivity contribution in [2.24, 2.45) is 5.92 Å². The first-order valence-corrected chi connectivity index (χ1v) is 8.30. The summed E-state index contributed by atoms with van der Waals surface area (Å²) in [7, 11) is 0. The summed E-state index contributed by atoms with van der Waals surface area (Å²) in [6, 6.07) is 10.3. The van der Waals surface area contributed by atoms with E-state index in [2.05, 4.69) is 24.3 Å². The van der Waals surface area contributed by atoms with E-state index in [4.69, 9.17) is 0 Å². The molecule has 1 saturated carbocycles. The van der Waals surface area contributed by atoms with E-state index in [0.717, 1.165) is 25.7 Å². The Kier molecular flexibility index (Phi) is 4.79. The molecular weight excluding hydrogens is 278 g/mol. The quantitative estimate of drug-likeness (QED) is 0.873. The Bertz CT molecular complexity index is 486. The van der Waals surface area contributed by atoms with Gasteiger partial charge in [0.15, 0.2) is 0 Å². The maximum atomic E-state index is 12.5. The number of hydrogen-bond donors (Lipinski definition) is 2. The maximum absolute atomic E-state index is 12.5. The largest absolute Gasteiger partial charge is 0.394 e. The summed E-state index contributed by atoms with van der Waals surface area (Å²) >= 11 is 0. The van der Waals surface area contributed by atoms with Gasteiger partial charge in [0.05, 0.1) is 25.3 Å². The van der Waals surface area contributed by atoms with Crippen LogP contribution in [0.25, 0.3) is 0 Å². The molecule has 2 fully saturated rings. The Labute approximate surface area is 131 Å². The van der Waals surface area contributed by atoms with E-state index in [1.165, 1.54) is 5.56 Å². The molecule has 0 spiro atoms. The lowest BCUT2D eigenvalue weighted by atomic mass is 9.70. The Balaban J connectivity index is 1.53. The van der Waals surface area contributed by atoms with Crippen LogP contribution in [0.3, 0.4) is 0 Å². The van der Waals surface area contributed by atoms with Crippen LogP contribution in [0.1, 0.15) is 43.6 Å². The van der Waals surface area contributed by atoms with Crippen LogP contribution in [0.2, 0.25) is 0 Å². The lowest BCUT2D eigenvalue weighted by Crippen LogP contribution is -2.45. The number of nitrogens with zero attached hydrogens (tertiary/aromatic N) is 1. The van der Waals surface area contributed by atoms with Crippen molar-refractivity contribution in [2.45, 2.75) is 50.1 Å². The molecular formula is C18H25NO3. The van der Waals surface area contributed by atoms with Gasteiger partial charge in [0, 0.05) is 6.42 Å². The van der Waals surface area contributed by atoms with Crippen molar-refractivity contribution in [1.82, 2.24) is 4.90 Å². The monoisotopic (exact) mass is 303 g/mol. The van der Waals surface area contributed by atoms with Gasteiger partial charge >= 0.3 is 0 Å². The third-order valence-electron chi connectivity index (χ3n) is 5.30. The molecule has 0 radical (unpaired) electrons. The lowest BCUT2D eigenvalue weighted by Gasteiger charge is -2.37. The molecule has 1 amide bonds. The van der Waals surface area contributed by atoms with Gasteiger partial charge in [-0.15, -0.1) is 0 Å². The summed E-state index contributed by atoms with van der Waals surface area (Å²) in [5.74, 6) is 1.13. The summed E-state index contributed by atoms with van der Waals surface area (Å²) in [5, 5.41) is 18.8. The minimum atomic E-state index is -0.102. The van der Waals surface area contributed by atoms with Crippen LogP contribution < -0.4 is 0 Å². The van der Waals surface area contributed by atoms with Gasteiger partial charge in [0.25, 0.3) is 0 Å². The van der Waals surface area contributed by atoms with Crippen molar-refractivity contribution in [3.05, 3.63) is 35.9 Å². The van der Waals surface area contributed by atoms with E-state index < -0.39 is 0 Å². The first-order chi connectivity index (χ1) is 10.7. The van der Waals surface area contributed by atoms with E-state index >= 15 is 0 Å². The number of aliphatic hydroxyl groups is 2. The Morgan fingerprint density at radius 2 is 1.64 bits per heavy atom. The van der Waals surface area contributed by atoms with Crippen molar-refractivity contribution >= 4 is 5.91 Å². The van der Waals surface area contributed by atoms with Crippen molar-refractivity contribution < 1.29 is 15.0 Å². The molecule has 22 heavy (non-hydrogen) atoms. The second kappa shape index (κ2) is 6.80. The van der Waals surface area contributed by atoms with Crippen molar-refractivity contribution in [3.63, 3.8) is 0 Å². The molecule has 1 aromatic carbocycles. The smallest absolute Gasteiger partial charge is 0.223 e. The second-order valence-electron chi connectivity index (χ2n) is 6.70. The Morgan fingerprint density at radius 1 is 1.05 bits per heavy atom. The summed E-state index contributed by atoms with van der Waals surface area (Å²) in [5.41, 5.74) is 1.37. The molecule has 0 aromatic heterocycles. The third-order valence-corrected chi connectivity index (χ3v) is 5.30. The second-order valence-corrected chi connectivity index (χ2v) is 6.70. The van der Waals surface area contributed by atoms with Crippen LogP contribution in [-0.2, 0) is 4.79 Å². The zero-order valence-electron chi connectivity index (χ0n) is 12.9. The van der Waals surface area contributed by atoms with Gasteiger partial charge in [0.2, 0.25) is 5.91 Å². The number of rotatable bonds is 5. The van der Waals surface area contributed by atoms with Gasteiger partial charge in [-0.25, -0.2) is 0 Å². The fourth-order valence-electron chi connectivity index (χ4n) is 3.98. The number of amides is 1. The SMILES string of the molecule is O=C(CC1CC(c2ccccc2)C1)N1[C@H](CO)CC[C@H]1CO. The van der Waals surface area contributed by atoms with E-state index in [-0.39, 0.29) is 31.2 Å². The zero-order chi connectivity index (χ0) is 15.5. The van der Waals surface area contributed by atoms with Crippen LogP contribution in [0, 0.1) is 5.92 Å². The fourth-order valence-corrected chi connectivity index (χ4v) is 3.98. The van der Waals surface area contributed by atoms with Crippen LogP contribution in [0.5, 0.6) is 0 Å². The zero-order valence-corrected chi connectivity index (χ0v) is 12.9. The minimum absolute atomic E-state index is 0.000449. The fraction of sp³-hybridized carbons (Fsp3) is 0.611. The van der Waals surface area contributed by atoms with E-state index in [0.29, 0.717) is 18.3 Å². The number of aliphatic hydroxyl groups excluding tert-OH is 2. The molecule has 1 aliphatic heterocycles. The number of likely N-dealkylation sites (tertiary alicyclic amines) is 1. The highest BCUT2D eigenvalue weighted by Crippen LogP contribution is 2.43. The van der Waals surface area contributed by atoms with Gasteiger partial charge in [-0.05, 0) is 43.1 Å². The first kappa shape index (κ1) is 15.5. The Hall–Kier alpha value is -1.39. The van der Waals surface area contributed by atoms with Crippen molar-refractivity contribution in [2.75, 3.05) is 13.2 Å². The predicted octanol–water partition coefficient (Wildman–Crippen LogP) is 1.91. The van der Waals surface area contributed by atoms with Crippen molar-refractivity contribution in [3.8, 4) is 0 Å².